The van der Waals surface area contributed by atoms with Crippen LogP contribution in [0.3, 0.4) is 0 Å². The molecule has 6 nitrogen and oxygen atoms in total. The topological polar surface area (TPSA) is 63.0 Å². The molecule has 25 heavy (non-hydrogen) atoms. The number of nitrogens with zero attached hydrogens (tertiary/aromatic N) is 2. The van der Waals surface area contributed by atoms with E-state index in [2.05, 4.69) is 17.0 Å². The third kappa shape index (κ3) is 3.73. The van der Waals surface area contributed by atoms with E-state index in [1.165, 1.54) is 25.7 Å². The highest BCUT2D eigenvalue weighted by molar-refractivity contribution is 7.88. The highest BCUT2D eigenvalue weighted by Crippen LogP contribution is 2.34. The Labute approximate surface area is 149 Å². The van der Waals surface area contributed by atoms with Crippen LogP contribution in [0.5, 0.6) is 5.75 Å². The van der Waals surface area contributed by atoms with Gasteiger partial charge in [0.1, 0.15) is 11.5 Å². The van der Waals surface area contributed by atoms with Crippen LogP contribution in [-0.4, -0.2) is 45.4 Å². The zero-order chi connectivity index (χ0) is 18.0. The second-order valence-corrected chi connectivity index (χ2v) is 8.49. The Morgan fingerprint density at radius 2 is 1.92 bits per heavy atom. The van der Waals surface area contributed by atoms with Crippen LogP contribution >= 0.6 is 0 Å². The summed E-state index contributed by atoms with van der Waals surface area (Å²) in [5.41, 5.74) is 1.24. The third-order valence-electron chi connectivity index (χ3n) is 4.60. The molecule has 1 saturated heterocycles. The van der Waals surface area contributed by atoms with E-state index < -0.39 is 10.0 Å². The molecule has 0 amide bonds. The molecule has 0 bridgehead atoms. The van der Waals surface area contributed by atoms with Gasteiger partial charge in [-0.3, -0.25) is 4.90 Å². The van der Waals surface area contributed by atoms with Gasteiger partial charge in [0.15, 0.2) is 0 Å². The van der Waals surface area contributed by atoms with Gasteiger partial charge >= 0.3 is 0 Å². The molecule has 0 N–H and O–H groups in total. The molecule has 1 aliphatic heterocycles. The highest BCUT2D eigenvalue weighted by atomic mass is 32.2. The lowest BCUT2D eigenvalue weighted by Gasteiger charge is -2.24. The van der Waals surface area contributed by atoms with E-state index in [-0.39, 0.29) is 5.09 Å². The van der Waals surface area contributed by atoms with Crippen molar-refractivity contribution < 1.29 is 17.6 Å². The van der Waals surface area contributed by atoms with Gasteiger partial charge in [0.2, 0.25) is 5.09 Å². The van der Waals surface area contributed by atoms with Gasteiger partial charge in [-0.05, 0) is 49.2 Å². The molecule has 7 heteroatoms. The minimum atomic E-state index is -3.53. The summed E-state index contributed by atoms with van der Waals surface area (Å²) in [7, 11) is 1.13. The van der Waals surface area contributed by atoms with Crippen LogP contribution < -0.4 is 4.74 Å². The molecule has 1 aliphatic rings. The monoisotopic (exact) mass is 364 g/mol. The Morgan fingerprint density at radius 3 is 2.56 bits per heavy atom. The van der Waals surface area contributed by atoms with Gasteiger partial charge in [0.05, 0.1) is 13.7 Å². The van der Waals surface area contributed by atoms with Crippen molar-refractivity contribution in [1.82, 2.24) is 9.21 Å². The molecule has 0 unspecified atom stereocenters. The van der Waals surface area contributed by atoms with Gasteiger partial charge in [-0.25, -0.2) is 12.7 Å². The van der Waals surface area contributed by atoms with Gasteiger partial charge in [-0.15, -0.1) is 0 Å². The Bertz CT molecular complexity index is 812. The van der Waals surface area contributed by atoms with Crippen LogP contribution in [-0.2, 0) is 16.6 Å². The van der Waals surface area contributed by atoms with Crippen molar-refractivity contribution in [3.8, 4) is 5.75 Å². The smallest absolute Gasteiger partial charge is 0.275 e. The summed E-state index contributed by atoms with van der Waals surface area (Å²) in [6.07, 6.45) is 2.19. The molecule has 2 heterocycles. The number of benzene rings is 1. The van der Waals surface area contributed by atoms with E-state index in [0.717, 1.165) is 29.4 Å². The van der Waals surface area contributed by atoms with Gasteiger partial charge in [0, 0.05) is 20.1 Å². The predicted molar refractivity (Wildman–Crippen MR) is 95.0 cm³/mol. The minimum absolute atomic E-state index is 0.00676. The summed E-state index contributed by atoms with van der Waals surface area (Å²) in [5, 5.41) is -0.00676. The Hall–Kier alpha value is -1.83. The summed E-state index contributed by atoms with van der Waals surface area (Å²) in [6.45, 7) is 1.56. The van der Waals surface area contributed by atoms with Crippen LogP contribution in [0.4, 0.5) is 0 Å². The first kappa shape index (κ1) is 18.0. The third-order valence-corrected chi connectivity index (χ3v) is 6.28. The van der Waals surface area contributed by atoms with Crippen LogP contribution in [0.2, 0.25) is 0 Å². The molecule has 1 atom stereocenters. The molecule has 1 aromatic heterocycles. The zero-order valence-electron chi connectivity index (χ0n) is 14.8. The van der Waals surface area contributed by atoms with Gasteiger partial charge in [-0.1, -0.05) is 12.1 Å². The predicted octanol–water partition coefficient (Wildman–Crippen LogP) is 2.88. The van der Waals surface area contributed by atoms with Crippen molar-refractivity contribution in [2.75, 3.05) is 27.7 Å². The van der Waals surface area contributed by atoms with Crippen molar-refractivity contribution in [2.45, 2.75) is 30.5 Å². The van der Waals surface area contributed by atoms with Crippen LogP contribution in [0, 0.1) is 0 Å². The number of rotatable bonds is 6. The number of ether oxygens (including phenoxy) is 1. The number of hydrogen-bond donors (Lipinski definition) is 0. The SMILES string of the molecule is COc1ccc([C@H]2CCCN2Cc2ccc(S(=O)(=O)N(C)C)o2)cc1. The zero-order valence-corrected chi connectivity index (χ0v) is 15.6. The maximum absolute atomic E-state index is 12.1. The molecule has 0 radical (unpaired) electrons. The van der Waals surface area contributed by atoms with Gasteiger partial charge in [0.25, 0.3) is 10.0 Å². The number of hydrogen-bond acceptors (Lipinski definition) is 5. The first-order chi connectivity index (χ1) is 11.9. The van der Waals surface area contributed by atoms with Crippen molar-refractivity contribution in [2.24, 2.45) is 0 Å². The van der Waals surface area contributed by atoms with E-state index in [4.69, 9.17) is 9.15 Å². The minimum Gasteiger partial charge on any atom is -0.497 e. The van der Waals surface area contributed by atoms with Crippen molar-refractivity contribution in [3.63, 3.8) is 0 Å². The lowest BCUT2D eigenvalue weighted by atomic mass is 10.0. The molecule has 136 valence electrons. The normalized spacial score (nSPS) is 18.8. The van der Waals surface area contributed by atoms with E-state index in [9.17, 15) is 8.42 Å². The molecule has 0 spiro atoms. The van der Waals surface area contributed by atoms with Gasteiger partial charge < -0.3 is 9.15 Å². The Morgan fingerprint density at radius 1 is 1.20 bits per heavy atom. The van der Waals surface area contributed by atoms with Crippen LogP contribution in [0.1, 0.15) is 30.2 Å². The molecule has 3 rings (SSSR count). The average Bonchev–Trinajstić information content (AvgIpc) is 3.25. The van der Waals surface area contributed by atoms with E-state index in [1.54, 1.807) is 13.2 Å². The van der Waals surface area contributed by atoms with Gasteiger partial charge in [-0.2, -0.15) is 0 Å². The standard InChI is InChI=1S/C18H24N2O4S/c1-19(2)25(21,22)18-11-10-16(24-18)13-20-12-4-5-17(20)14-6-8-15(23-3)9-7-14/h6-11,17H,4-5,12-13H2,1-3H3/t17-/m1/s1. The fraction of sp³-hybridized carbons (Fsp3) is 0.444. The van der Waals surface area contributed by atoms with Crippen molar-refractivity contribution in [3.05, 3.63) is 47.7 Å². The molecular formula is C18H24N2O4S. The number of sulfonamides is 1. The second kappa shape index (κ2) is 7.19. The first-order valence-electron chi connectivity index (χ1n) is 8.31. The van der Waals surface area contributed by atoms with Crippen molar-refractivity contribution in [1.29, 1.82) is 0 Å². The Balaban J connectivity index is 1.74. The van der Waals surface area contributed by atoms with Crippen LogP contribution in [0.25, 0.3) is 0 Å². The van der Waals surface area contributed by atoms with E-state index in [1.807, 2.05) is 12.1 Å². The molecule has 2 aromatic rings. The fourth-order valence-corrected chi connectivity index (χ4v) is 3.99. The summed E-state index contributed by atoms with van der Waals surface area (Å²) in [5.74, 6) is 1.51. The first-order valence-corrected chi connectivity index (χ1v) is 9.75. The maximum atomic E-state index is 12.1. The summed E-state index contributed by atoms with van der Waals surface area (Å²) in [4.78, 5) is 2.33. The lowest BCUT2D eigenvalue weighted by molar-refractivity contribution is 0.221. The maximum Gasteiger partial charge on any atom is 0.275 e. The summed E-state index contributed by atoms with van der Waals surface area (Å²) in [6, 6.07) is 11.7. The molecular weight excluding hydrogens is 340 g/mol. The highest BCUT2D eigenvalue weighted by Gasteiger charge is 2.28. The number of methoxy groups -OCH3 is 1. The number of likely N-dealkylation sites (tertiary alicyclic amines) is 1. The summed E-state index contributed by atoms with van der Waals surface area (Å²) < 4.78 is 36.2. The largest absolute Gasteiger partial charge is 0.497 e. The lowest BCUT2D eigenvalue weighted by Crippen LogP contribution is -2.23. The second-order valence-electron chi connectivity index (χ2n) is 6.41. The quantitative estimate of drug-likeness (QED) is 0.789. The fourth-order valence-electron chi connectivity index (χ4n) is 3.18. The number of furan rings is 1. The molecule has 1 fully saturated rings. The average molecular weight is 364 g/mol. The van der Waals surface area contributed by atoms with Crippen LogP contribution in [0.15, 0.2) is 45.9 Å². The summed E-state index contributed by atoms with van der Waals surface area (Å²) >= 11 is 0. The Kier molecular flexibility index (Phi) is 5.17. The van der Waals surface area contributed by atoms with E-state index in [0.29, 0.717) is 18.3 Å². The van der Waals surface area contributed by atoms with E-state index >= 15 is 0 Å². The molecule has 0 aliphatic carbocycles. The molecule has 0 saturated carbocycles. The molecule has 1 aromatic carbocycles. The van der Waals surface area contributed by atoms with Crippen molar-refractivity contribution >= 4 is 10.0 Å².